The first kappa shape index (κ1) is 21.0. The summed E-state index contributed by atoms with van der Waals surface area (Å²) in [7, 11) is 2.03. The Balaban J connectivity index is 1.38. The molecular weight excluding hydrogens is 384 g/mol. The van der Waals surface area contributed by atoms with Crippen molar-refractivity contribution in [1.82, 2.24) is 20.4 Å². The number of nitrogens with zero attached hydrogens (tertiary/aromatic N) is 3. The molecule has 0 spiro atoms. The zero-order valence-corrected chi connectivity index (χ0v) is 17.6. The Hall–Kier alpha value is -2.77. The number of ether oxygens (including phenoxy) is 1. The monoisotopic (exact) mass is 410 g/mol. The molecule has 6 nitrogen and oxygen atoms in total. The molecule has 1 aromatic heterocycles. The molecule has 152 valence electrons. The maximum absolute atomic E-state index is 12.3. The zero-order valence-electron chi connectivity index (χ0n) is 16.8. The number of carbonyl (C=O) groups excluding carboxylic acids is 1. The van der Waals surface area contributed by atoms with Crippen LogP contribution in [0.15, 0.2) is 54.6 Å². The van der Waals surface area contributed by atoms with Crippen LogP contribution in [0.2, 0.25) is 0 Å². The van der Waals surface area contributed by atoms with Crippen molar-refractivity contribution < 1.29 is 9.53 Å². The highest BCUT2D eigenvalue weighted by atomic mass is 32.1. The third kappa shape index (κ3) is 6.96. The quantitative estimate of drug-likeness (QED) is 0.517. The van der Waals surface area contributed by atoms with Crippen LogP contribution in [0.25, 0.3) is 0 Å². The predicted octanol–water partition coefficient (Wildman–Crippen LogP) is 3.68. The maximum Gasteiger partial charge on any atom is 0.282 e. The Labute approximate surface area is 175 Å². The number of hydrogen-bond acceptors (Lipinski definition) is 6. The Bertz CT molecular complexity index is 897. The lowest BCUT2D eigenvalue weighted by molar-refractivity contribution is 0.0950. The van der Waals surface area contributed by atoms with Crippen LogP contribution in [0.1, 0.15) is 32.4 Å². The predicted molar refractivity (Wildman–Crippen MR) is 115 cm³/mol. The molecule has 0 saturated carbocycles. The minimum atomic E-state index is -0.187. The lowest BCUT2D eigenvalue weighted by Gasteiger charge is -2.14. The number of nitrogens with one attached hydrogen (secondary N) is 1. The summed E-state index contributed by atoms with van der Waals surface area (Å²) in [5.74, 6) is 0.703. The van der Waals surface area contributed by atoms with E-state index in [1.54, 1.807) is 0 Å². The molecule has 0 aliphatic carbocycles. The summed E-state index contributed by atoms with van der Waals surface area (Å²) in [6.45, 7) is 4.72. The second kappa shape index (κ2) is 10.7. The van der Waals surface area contributed by atoms with Crippen LogP contribution in [0.4, 0.5) is 0 Å². The van der Waals surface area contributed by atoms with Crippen LogP contribution in [0, 0.1) is 6.92 Å². The topological polar surface area (TPSA) is 67.4 Å². The van der Waals surface area contributed by atoms with Gasteiger partial charge < -0.3 is 10.1 Å². The summed E-state index contributed by atoms with van der Waals surface area (Å²) in [5, 5.41) is 12.3. The molecule has 7 heteroatoms. The van der Waals surface area contributed by atoms with Gasteiger partial charge in [0.15, 0.2) is 0 Å². The Morgan fingerprint density at radius 2 is 1.86 bits per heavy atom. The number of para-hydroxylation sites is 1. The maximum atomic E-state index is 12.3. The lowest BCUT2D eigenvalue weighted by atomic mass is 10.1. The minimum absolute atomic E-state index is 0.187. The number of aryl methyl sites for hydroxylation is 1. The molecule has 0 aliphatic rings. The highest BCUT2D eigenvalue weighted by Gasteiger charge is 2.13. The van der Waals surface area contributed by atoms with Crippen LogP contribution in [0.3, 0.4) is 0 Å². The van der Waals surface area contributed by atoms with E-state index in [1.165, 1.54) is 16.9 Å². The SMILES string of the molecule is Cc1ccc(CNC(=O)c2nnc(CN(C)CCCOc3ccccc3)s2)cc1. The number of hydrogen-bond donors (Lipinski definition) is 1. The highest BCUT2D eigenvalue weighted by Crippen LogP contribution is 2.13. The number of aromatic nitrogens is 2. The van der Waals surface area contributed by atoms with Crippen LogP contribution < -0.4 is 10.1 Å². The Morgan fingerprint density at radius 3 is 2.62 bits per heavy atom. The summed E-state index contributed by atoms with van der Waals surface area (Å²) < 4.78 is 5.71. The largest absolute Gasteiger partial charge is 0.494 e. The third-order valence-corrected chi connectivity index (χ3v) is 5.24. The van der Waals surface area contributed by atoms with Gasteiger partial charge in [0.1, 0.15) is 10.8 Å². The van der Waals surface area contributed by atoms with Gasteiger partial charge >= 0.3 is 0 Å². The first-order valence-corrected chi connectivity index (χ1v) is 10.4. The molecule has 1 amide bonds. The van der Waals surface area contributed by atoms with Gasteiger partial charge in [-0.2, -0.15) is 0 Å². The van der Waals surface area contributed by atoms with E-state index < -0.39 is 0 Å². The van der Waals surface area contributed by atoms with Gasteiger partial charge in [0.25, 0.3) is 5.91 Å². The molecule has 1 heterocycles. The number of carbonyl (C=O) groups is 1. The normalized spacial score (nSPS) is 10.9. The minimum Gasteiger partial charge on any atom is -0.494 e. The van der Waals surface area contributed by atoms with Crippen molar-refractivity contribution in [2.75, 3.05) is 20.2 Å². The summed E-state index contributed by atoms with van der Waals surface area (Å²) in [6, 6.07) is 17.9. The van der Waals surface area contributed by atoms with Gasteiger partial charge in [-0.05, 0) is 38.1 Å². The average molecular weight is 411 g/mol. The third-order valence-electron chi connectivity index (χ3n) is 4.34. The van der Waals surface area contributed by atoms with Crippen molar-refractivity contribution >= 4 is 17.2 Å². The van der Waals surface area contributed by atoms with E-state index in [-0.39, 0.29) is 5.91 Å². The molecular formula is C22H26N4O2S. The van der Waals surface area contributed by atoms with E-state index >= 15 is 0 Å². The van der Waals surface area contributed by atoms with Crippen molar-refractivity contribution in [2.24, 2.45) is 0 Å². The molecule has 2 aromatic carbocycles. The molecule has 3 rings (SSSR count). The summed E-state index contributed by atoms with van der Waals surface area (Å²) in [6.07, 6.45) is 0.911. The first-order valence-electron chi connectivity index (χ1n) is 9.62. The molecule has 3 aromatic rings. The van der Waals surface area contributed by atoms with E-state index in [9.17, 15) is 4.79 Å². The van der Waals surface area contributed by atoms with Crippen molar-refractivity contribution in [1.29, 1.82) is 0 Å². The second-order valence-electron chi connectivity index (χ2n) is 6.92. The van der Waals surface area contributed by atoms with Gasteiger partial charge in [0, 0.05) is 13.1 Å². The van der Waals surface area contributed by atoms with Crippen LogP contribution >= 0.6 is 11.3 Å². The van der Waals surface area contributed by atoms with Crippen molar-refractivity contribution in [2.45, 2.75) is 26.4 Å². The smallest absolute Gasteiger partial charge is 0.282 e. The van der Waals surface area contributed by atoms with E-state index in [0.717, 1.165) is 29.3 Å². The van der Waals surface area contributed by atoms with Crippen molar-refractivity contribution in [3.8, 4) is 5.75 Å². The van der Waals surface area contributed by atoms with E-state index in [2.05, 4.69) is 20.4 Å². The average Bonchev–Trinajstić information content (AvgIpc) is 3.20. The van der Waals surface area contributed by atoms with Gasteiger partial charge in [-0.25, -0.2) is 0 Å². The molecule has 0 bridgehead atoms. The van der Waals surface area contributed by atoms with Crippen LogP contribution in [-0.2, 0) is 13.1 Å². The van der Waals surface area contributed by atoms with Gasteiger partial charge in [0.2, 0.25) is 5.01 Å². The van der Waals surface area contributed by atoms with Gasteiger partial charge in [-0.3, -0.25) is 9.69 Å². The molecule has 0 fully saturated rings. The second-order valence-corrected chi connectivity index (χ2v) is 7.98. The molecule has 0 atom stereocenters. The van der Waals surface area contributed by atoms with E-state index in [4.69, 9.17) is 4.74 Å². The summed E-state index contributed by atoms with van der Waals surface area (Å²) in [4.78, 5) is 14.5. The molecule has 0 radical (unpaired) electrons. The Kier molecular flexibility index (Phi) is 7.72. The van der Waals surface area contributed by atoms with Crippen LogP contribution in [0.5, 0.6) is 5.75 Å². The fraction of sp³-hybridized carbons (Fsp3) is 0.318. The number of rotatable bonds is 10. The van der Waals surface area contributed by atoms with E-state index in [0.29, 0.717) is 24.7 Å². The highest BCUT2D eigenvalue weighted by molar-refractivity contribution is 7.13. The summed E-state index contributed by atoms with van der Waals surface area (Å²) >= 11 is 1.34. The van der Waals surface area contributed by atoms with Gasteiger partial charge in [-0.15, -0.1) is 10.2 Å². The summed E-state index contributed by atoms with van der Waals surface area (Å²) in [5.41, 5.74) is 2.26. The number of amides is 1. The zero-order chi connectivity index (χ0) is 20.5. The molecule has 0 saturated heterocycles. The first-order chi connectivity index (χ1) is 14.1. The molecule has 29 heavy (non-hydrogen) atoms. The molecule has 1 N–H and O–H groups in total. The van der Waals surface area contributed by atoms with E-state index in [1.807, 2.05) is 68.6 Å². The fourth-order valence-electron chi connectivity index (χ4n) is 2.72. The standard InChI is InChI=1S/C22H26N4O2S/c1-17-9-11-18(12-10-17)15-23-21(27)22-25-24-20(29-22)16-26(2)13-6-14-28-19-7-4-3-5-8-19/h3-5,7-12H,6,13-16H2,1-2H3,(H,23,27). The van der Waals surface area contributed by atoms with Crippen molar-refractivity contribution in [3.63, 3.8) is 0 Å². The van der Waals surface area contributed by atoms with Crippen molar-refractivity contribution in [3.05, 3.63) is 75.7 Å². The van der Waals surface area contributed by atoms with Crippen LogP contribution in [-0.4, -0.2) is 41.2 Å². The molecule has 0 aliphatic heterocycles. The van der Waals surface area contributed by atoms with Gasteiger partial charge in [-0.1, -0.05) is 59.4 Å². The molecule has 0 unspecified atom stereocenters. The number of benzene rings is 2. The fourth-order valence-corrected chi connectivity index (χ4v) is 3.56. The lowest BCUT2D eigenvalue weighted by Crippen LogP contribution is -2.22. The Morgan fingerprint density at radius 1 is 1.10 bits per heavy atom. The van der Waals surface area contributed by atoms with Gasteiger partial charge in [0.05, 0.1) is 13.2 Å².